The molecule has 0 aromatic carbocycles. The molecule has 0 aliphatic heterocycles. The van der Waals surface area contributed by atoms with Crippen molar-refractivity contribution in [2.75, 3.05) is 0 Å². The molecule has 0 amide bonds. The molecule has 2 aliphatic rings. The van der Waals surface area contributed by atoms with Crippen molar-refractivity contribution in [3.05, 3.63) is 0 Å². The monoisotopic (exact) mass is 252 g/mol. The summed E-state index contributed by atoms with van der Waals surface area (Å²) in [5.41, 5.74) is -0.221. The Balaban J connectivity index is 2.05. The molecule has 0 bridgehead atoms. The SMILES string of the molecule is CC1CCC1(C(=O)OC1CCCCC1)C(C)(C)C. The van der Waals surface area contributed by atoms with E-state index in [1.807, 2.05) is 0 Å². The second-order valence-corrected chi connectivity index (χ2v) is 7.33. The van der Waals surface area contributed by atoms with Crippen LogP contribution in [0.3, 0.4) is 0 Å². The molecule has 2 unspecified atom stereocenters. The average Bonchev–Trinajstić information content (AvgIpc) is 2.26. The molecule has 0 N–H and O–H groups in total. The second kappa shape index (κ2) is 4.86. The Kier molecular flexibility index (Phi) is 3.75. The molecule has 0 spiro atoms. The topological polar surface area (TPSA) is 26.3 Å². The first-order valence-corrected chi connectivity index (χ1v) is 7.59. The summed E-state index contributed by atoms with van der Waals surface area (Å²) in [4.78, 5) is 12.7. The van der Waals surface area contributed by atoms with Crippen LogP contribution in [0.1, 0.15) is 72.6 Å². The van der Waals surface area contributed by atoms with E-state index < -0.39 is 0 Å². The lowest BCUT2D eigenvalue weighted by Gasteiger charge is -2.54. The zero-order chi connectivity index (χ0) is 13.4. The van der Waals surface area contributed by atoms with Crippen LogP contribution in [-0.2, 0) is 9.53 Å². The Morgan fingerprint density at radius 3 is 2.11 bits per heavy atom. The summed E-state index contributed by atoms with van der Waals surface area (Å²) >= 11 is 0. The number of carbonyl (C=O) groups excluding carboxylic acids is 1. The molecular formula is C16H28O2. The Morgan fingerprint density at radius 1 is 1.11 bits per heavy atom. The Bertz CT molecular complexity index is 310. The van der Waals surface area contributed by atoms with Gasteiger partial charge in [0.25, 0.3) is 0 Å². The van der Waals surface area contributed by atoms with Crippen LogP contribution >= 0.6 is 0 Å². The van der Waals surface area contributed by atoms with Crippen LogP contribution in [0.15, 0.2) is 0 Å². The molecular weight excluding hydrogens is 224 g/mol. The van der Waals surface area contributed by atoms with Gasteiger partial charge in [0.15, 0.2) is 0 Å². The minimum Gasteiger partial charge on any atom is -0.462 e. The highest BCUT2D eigenvalue weighted by Crippen LogP contribution is 2.58. The lowest BCUT2D eigenvalue weighted by atomic mass is 9.49. The smallest absolute Gasteiger partial charge is 0.313 e. The van der Waals surface area contributed by atoms with E-state index in [4.69, 9.17) is 4.74 Å². The fraction of sp³-hybridized carbons (Fsp3) is 0.938. The van der Waals surface area contributed by atoms with E-state index in [-0.39, 0.29) is 22.9 Å². The highest BCUT2D eigenvalue weighted by molar-refractivity contribution is 5.79. The molecule has 104 valence electrons. The number of hydrogen-bond acceptors (Lipinski definition) is 2. The van der Waals surface area contributed by atoms with E-state index in [9.17, 15) is 4.79 Å². The third-order valence-corrected chi connectivity index (χ3v) is 5.34. The van der Waals surface area contributed by atoms with E-state index in [0.717, 1.165) is 25.7 Å². The van der Waals surface area contributed by atoms with Crippen molar-refractivity contribution in [2.45, 2.75) is 78.7 Å². The van der Waals surface area contributed by atoms with Gasteiger partial charge in [-0.3, -0.25) is 4.79 Å². The third kappa shape index (κ3) is 2.19. The van der Waals surface area contributed by atoms with E-state index in [0.29, 0.717) is 5.92 Å². The molecule has 2 nitrogen and oxygen atoms in total. The molecule has 18 heavy (non-hydrogen) atoms. The minimum absolute atomic E-state index is 0.0103. The molecule has 0 aromatic heterocycles. The standard InChI is InChI=1S/C16H28O2/c1-12-10-11-16(12,15(2,3)4)14(17)18-13-8-6-5-7-9-13/h12-13H,5-11H2,1-4H3. The van der Waals surface area contributed by atoms with Gasteiger partial charge in [-0.15, -0.1) is 0 Å². The molecule has 2 fully saturated rings. The maximum atomic E-state index is 12.7. The van der Waals surface area contributed by atoms with Gasteiger partial charge in [-0.2, -0.15) is 0 Å². The fourth-order valence-electron chi connectivity index (χ4n) is 3.88. The number of ether oxygens (including phenoxy) is 1. The summed E-state index contributed by atoms with van der Waals surface area (Å²) in [5, 5.41) is 0. The van der Waals surface area contributed by atoms with Crippen molar-refractivity contribution >= 4 is 5.97 Å². The van der Waals surface area contributed by atoms with Crippen LogP contribution in [-0.4, -0.2) is 12.1 Å². The maximum Gasteiger partial charge on any atom is 0.313 e. The summed E-state index contributed by atoms with van der Waals surface area (Å²) in [5.74, 6) is 0.550. The first kappa shape index (κ1) is 13.9. The molecule has 2 rings (SSSR count). The third-order valence-electron chi connectivity index (χ3n) is 5.34. The van der Waals surface area contributed by atoms with Crippen LogP contribution < -0.4 is 0 Å². The summed E-state index contributed by atoms with van der Waals surface area (Å²) in [6.07, 6.45) is 8.24. The van der Waals surface area contributed by atoms with Crippen LogP contribution in [0.2, 0.25) is 0 Å². The Morgan fingerprint density at radius 2 is 1.72 bits per heavy atom. The van der Waals surface area contributed by atoms with Crippen molar-refractivity contribution in [2.24, 2.45) is 16.7 Å². The van der Waals surface area contributed by atoms with Crippen LogP contribution in [0.4, 0.5) is 0 Å². The minimum atomic E-state index is -0.232. The van der Waals surface area contributed by atoms with Crippen molar-refractivity contribution in [1.82, 2.24) is 0 Å². The van der Waals surface area contributed by atoms with Gasteiger partial charge in [-0.1, -0.05) is 34.1 Å². The van der Waals surface area contributed by atoms with Crippen molar-refractivity contribution in [3.63, 3.8) is 0 Å². The number of hydrogen-bond donors (Lipinski definition) is 0. The number of rotatable bonds is 2. The summed E-state index contributed by atoms with van der Waals surface area (Å²) in [6.45, 7) is 8.76. The molecule has 0 aromatic rings. The highest BCUT2D eigenvalue weighted by Gasteiger charge is 2.58. The summed E-state index contributed by atoms with van der Waals surface area (Å²) < 4.78 is 5.86. The lowest BCUT2D eigenvalue weighted by Crippen LogP contribution is -2.55. The molecule has 0 heterocycles. The Labute approximate surface area is 111 Å². The van der Waals surface area contributed by atoms with E-state index >= 15 is 0 Å². The predicted molar refractivity (Wildman–Crippen MR) is 73.3 cm³/mol. The Hall–Kier alpha value is -0.530. The number of carbonyl (C=O) groups is 1. The van der Waals surface area contributed by atoms with Crippen LogP contribution in [0.5, 0.6) is 0 Å². The van der Waals surface area contributed by atoms with Crippen molar-refractivity contribution in [1.29, 1.82) is 0 Å². The molecule has 2 saturated carbocycles. The molecule has 2 heteroatoms. The lowest BCUT2D eigenvalue weighted by molar-refractivity contribution is -0.188. The van der Waals surface area contributed by atoms with Gasteiger partial charge in [0.05, 0.1) is 5.41 Å². The number of esters is 1. The van der Waals surface area contributed by atoms with E-state index in [1.165, 1.54) is 19.3 Å². The largest absolute Gasteiger partial charge is 0.462 e. The van der Waals surface area contributed by atoms with E-state index in [1.54, 1.807) is 0 Å². The zero-order valence-corrected chi connectivity index (χ0v) is 12.4. The van der Waals surface area contributed by atoms with Crippen LogP contribution in [0, 0.1) is 16.7 Å². The normalized spacial score (nSPS) is 33.9. The first-order chi connectivity index (χ1) is 8.38. The highest BCUT2D eigenvalue weighted by atomic mass is 16.5. The zero-order valence-electron chi connectivity index (χ0n) is 12.4. The maximum absolute atomic E-state index is 12.7. The fourth-order valence-corrected chi connectivity index (χ4v) is 3.88. The summed E-state index contributed by atoms with van der Waals surface area (Å²) in [6, 6.07) is 0. The van der Waals surface area contributed by atoms with Gasteiger partial charge in [-0.25, -0.2) is 0 Å². The van der Waals surface area contributed by atoms with Gasteiger partial charge >= 0.3 is 5.97 Å². The average molecular weight is 252 g/mol. The first-order valence-electron chi connectivity index (χ1n) is 7.59. The molecule has 0 radical (unpaired) electrons. The molecule has 2 aliphatic carbocycles. The van der Waals surface area contributed by atoms with Gasteiger partial charge in [0.1, 0.15) is 6.10 Å². The second-order valence-electron chi connectivity index (χ2n) is 7.33. The quantitative estimate of drug-likeness (QED) is 0.684. The molecule has 2 atom stereocenters. The molecule has 0 saturated heterocycles. The summed E-state index contributed by atoms with van der Waals surface area (Å²) in [7, 11) is 0. The van der Waals surface area contributed by atoms with E-state index in [2.05, 4.69) is 27.7 Å². The van der Waals surface area contributed by atoms with Gasteiger partial charge in [-0.05, 0) is 49.9 Å². The van der Waals surface area contributed by atoms with Crippen molar-refractivity contribution < 1.29 is 9.53 Å². The van der Waals surface area contributed by atoms with Gasteiger partial charge < -0.3 is 4.74 Å². The van der Waals surface area contributed by atoms with Gasteiger partial charge in [0, 0.05) is 0 Å². The van der Waals surface area contributed by atoms with Crippen LogP contribution in [0.25, 0.3) is 0 Å². The van der Waals surface area contributed by atoms with Crippen molar-refractivity contribution in [3.8, 4) is 0 Å². The predicted octanol–water partition coefficient (Wildman–Crippen LogP) is 4.32. The van der Waals surface area contributed by atoms with Gasteiger partial charge in [0.2, 0.25) is 0 Å².